The monoisotopic (exact) mass is 266 g/mol. The molecule has 0 radical (unpaired) electrons. The van der Waals surface area contributed by atoms with Crippen molar-refractivity contribution in [3.8, 4) is 11.5 Å². The highest BCUT2D eigenvalue weighted by Crippen LogP contribution is 2.28. The van der Waals surface area contributed by atoms with Crippen LogP contribution < -0.4 is 4.74 Å². The standard InChI is InChI=1S/C12H11ClN2O3/c1-2-15-7-9(6-14-15)18-11-5-8(13)3-4-10(11)12(16)17/h3-7H,2H2,1H3,(H,16,17). The van der Waals surface area contributed by atoms with Gasteiger partial charge in [0, 0.05) is 17.6 Å². The maximum Gasteiger partial charge on any atom is 0.339 e. The van der Waals surface area contributed by atoms with E-state index in [2.05, 4.69) is 5.10 Å². The van der Waals surface area contributed by atoms with Crippen LogP contribution in [0, 0.1) is 0 Å². The summed E-state index contributed by atoms with van der Waals surface area (Å²) in [6.45, 7) is 2.66. The molecular weight excluding hydrogens is 256 g/mol. The molecule has 1 N–H and O–H groups in total. The van der Waals surface area contributed by atoms with Crippen LogP contribution in [-0.4, -0.2) is 20.9 Å². The van der Waals surface area contributed by atoms with Crippen LogP contribution in [0.1, 0.15) is 17.3 Å². The highest BCUT2D eigenvalue weighted by Gasteiger charge is 2.13. The molecule has 1 aromatic heterocycles. The number of aryl methyl sites for hydroxylation is 1. The summed E-state index contributed by atoms with van der Waals surface area (Å²) in [4.78, 5) is 11.0. The highest BCUT2D eigenvalue weighted by atomic mass is 35.5. The van der Waals surface area contributed by atoms with Crippen molar-refractivity contribution in [1.29, 1.82) is 0 Å². The van der Waals surface area contributed by atoms with Crippen molar-refractivity contribution < 1.29 is 14.6 Å². The minimum absolute atomic E-state index is 0.0589. The Morgan fingerprint density at radius 2 is 2.33 bits per heavy atom. The third kappa shape index (κ3) is 2.62. The molecule has 6 heteroatoms. The Bertz CT molecular complexity index is 580. The summed E-state index contributed by atoms with van der Waals surface area (Å²) in [6, 6.07) is 4.38. The van der Waals surface area contributed by atoms with E-state index in [4.69, 9.17) is 21.4 Å². The number of benzene rings is 1. The minimum atomic E-state index is -1.07. The first kappa shape index (κ1) is 12.4. The number of aromatic carboxylic acids is 1. The predicted octanol–water partition coefficient (Wildman–Crippen LogP) is 3.05. The molecule has 2 rings (SSSR count). The van der Waals surface area contributed by atoms with E-state index >= 15 is 0 Å². The Kier molecular flexibility index (Phi) is 3.53. The second-order valence-electron chi connectivity index (χ2n) is 3.58. The van der Waals surface area contributed by atoms with Crippen molar-refractivity contribution in [2.75, 3.05) is 0 Å². The zero-order valence-corrected chi connectivity index (χ0v) is 10.4. The Morgan fingerprint density at radius 1 is 1.56 bits per heavy atom. The molecule has 0 aliphatic carbocycles. The maximum atomic E-state index is 11.0. The number of halogens is 1. The summed E-state index contributed by atoms with van der Waals surface area (Å²) in [5.74, 6) is -0.392. The van der Waals surface area contributed by atoms with Gasteiger partial charge in [-0.3, -0.25) is 4.68 Å². The molecule has 2 aromatic rings. The van der Waals surface area contributed by atoms with Crippen molar-refractivity contribution in [2.24, 2.45) is 0 Å². The van der Waals surface area contributed by atoms with E-state index in [1.54, 1.807) is 10.9 Å². The van der Waals surface area contributed by atoms with Gasteiger partial charge >= 0.3 is 5.97 Å². The van der Waals surface area contributed by atoms with E-state index in [1.807, 2.05) is 6.92 Å². The summed E-state index contributed by atoms with van der Waals surface area (Å²) in [5, 5.41) is 13.5. The molecule has 0 aliphatic rings. The van der Waals surface area contributed by atoms with Gasteiger partial charge in [-0.2, -0.15) is 5.10 Å². The largest absolute Gasteiger partial charge is 0.478 e. The second kappa shape index (κ2) is 5.10. The second-order valence-corrected chi connectivity index (χ2v) is 4.02. The lowest BCUT2D eigenvalue weighted by Crippen LogP contribution is -1.99. The van der Waals surface area contributed by atoms with Crippen molar-refractivity contribution in [1.82, 2.24) is 9.78 Å². The first-order valence-corrected chi connectivity index (χ1v) is 5.71. The van der Waals surface area contributed by atoms with E-state index < -0.39 is 5.97 Å². The molecule has 0 saturated carbocycles. The minimum Gasteiger partial charge on any atom is -0.478 e. The van der Waals surface area contributed by atoms with E-state index in [0.717, 1.165) is 0 Å². The molecule has 1 aromatic carbocycles. The van der Waals surface area contributed by atoms with Crippen molar-refractivity contribution in [3.63, 3.8) is 0 Å². The zero-order chi connectivity index (χ0) is 13.1. The van der Waals surface area contributed by atoms with Gasteiger partial charge in [-0.1, -0.05) is 11.6 Å². The number of ether oxygens (including phenoxy) is 1. The molecule has 1 heterocycles. The molecule has 0 atom stereocenters. The van der Waals surface area contributed by atoms with Crippen LogP contribution in [0.15, 0.2) is 30.6 Å². The Morgan fingerprint density at radius 3 is 2.94 bits per heavy atom. The first-order valence-electron chi connectivity index (χ1n) is 5.33. The smallest absolute Gasteiger partial charge is 0.339 e. The lowest BCUT2D eigenvalue weighted by Gasteiger charge is -2.06. The number of rotatable bonds is 4. The van der Waals surface area contributed by atoms with Crippen LogP contribution in [0.2, 0.25) is 5.02 Å². The van der Waals surface area contributed by atoms with E-state index in [9.17, 15) is 4.79 Å². The number of carbonyl (C=O) groups is 1. The van der Waals surface area contributed by atoms with Gasteiger partial charge in [0.05, 0.1) is 12.4 Å². The third-order valence-electron chi connectivity index (χ3n) is 2.34. The molecule has 0 spiro atoms. The number of carboxylic acid groups (broad SMARTS) is 1. The fourth-order valence-corrected chi connectivity index (χ4v) is 1.62. The van der Waals surface area contributed by atoms with Gasteiger partial charge in [0.2, 0.25) is 0 Å². The van der Waals surface area contributed by atoms with Gasteiger partial charge in [-0.25, -0.2) is 4.79 Å². The number of hydrogen-bond acceptors (Lipinski definition) is 3. The highest BCUT2D eigenvalue weighted by molar-refractivity contribution is 6.30. The normalized spacial score (nSPS) is 10.3. The molecule has 0 fully saturated rings. The van der Waals surface area contributed by atoms with Crippen LogP contribution >= 0.6 is 11.6 Å². The Hall–Kier alpha value is -2.01. The third-order valence-corrected chi connectivity index (χ3v) is 2.57. The van der Waals surface area contributed by atoms with Crippen molar-refractivity contribution >= 4 is 17.6 Å². The lowest BCUT2D eigenvalue weighted by molar-refractivity contribution is 0.0694. The van der Waals surface area contributed by atoms with Crippen LogP contribution in [0.25, 0.3) is 0 Å². The fraction of sp³-hybridized carbons (Fsp3) is 0.167. The summed E-state index contributed by atoms with van der Waals surface area (Å²) < 4.78 is 7.17. The summed E-state index contributed by atoms with van der Waals surface area (Å²) in [6.07, 6.45) is 3.21. The number of hydrogen-bond donors (Lipinski definition) is 1. The van der Waals surface area contributed by atoms with Crippen LogP contribution in [-0.2, 0) is 6.54 Å². The fourth-order valence-electron chi connectivity index (χ4n) is 1.45. The molecule has 0 amide bonds. The van der Waals surface area contributed by atoms with E-state index in [0.29, 0.717) is 17.3 Å². The van der Waals surface area contributed by atoms with Crippen LogP contribution in [0.4, 0.5) is 0 Å². The number of carboxylic acids is 1. The van der Waals surface area contributed by atoms with Crippen LogP contribution in [0.5, 0.6) is 11.5 Å². The zero-order valence-electron chi connectivity index (χ0n) is 9.63. The molecule has 0 saturated heterocycles. The van der Waals surface area contributed by atoms with Crippen LogP contribution in [0.3, 0.4) is 0 Å². The molecular formula is C12H11ClN2O3. The first-order chi connectivity index (χ1) is 8.60. The average molecular weight is 267 g/mol. The van der Waals surface area contributed by atoms with Gasteiger partial charge in [-0.15, -0.1) is 0 Å². The van der Waals surface area contributed by atoms with Gasteiger partial charge in [-0.05, 0) is 19.1 Å². The summed E-state index contributed by atoms with van der Waals surface area (Å²) >= 11 is 5.83. The molecule has 94 valence electrons. The lowest BCUT2D eigenvalue weighted by atomic mass is 10.2. The van der Waals surface area contributed by atoms with Crippen molar-refractivity contribution in [2.45, 2.75) is 13.5 Å². The topological polar surface area (TPSA) is 64.3 Å². The van der Waals surface area contributed by atoms with E-state index in [-0.39, 0.29) is 11.3 Å². The Labute approximate surface area is 109 Å². The van der Waals surface area contributed by atoms with Gasteiger partial charge in [0.25, 0.3) is 0 Å². The van der Waals surface area contributed by atoms with E-state index in [1.165, 1.54) is 24.4 Å². The number of aromatic nitrogens is 2. The Balaban J connectivity index is 2.32. The van der Waals surface area contributed by atoms with Gasteiger partial charge in [0.1, 0.15) is 11.3 Å². The SMILES string of the molecule is CCn1cc(Oc2cc(Cl)ccc2C(=O)O)cn1. The molecule has 18 heavy (non-hydrogen) atoms. The molecule has 5 nitrogen and oxygen atoms in total. The quantitative estimate of drug-likeness (QED) is 0.924. The van der Waals surface area contributed by atoms with Gasteiger partial charge in [0.15, 0.2) is 5.75 Å². The maximum absolute atomic E-state index is 11.0. The summed E-state index contributed by atoms with van der Waals surface area (Å²) in [7, 11) is 0. The van der Waals surface area contributed by atoms with Gasteiger partial charge < -0.3 is 9.84 Å². The number of nitrogens with zero attached hydrogens (tertiary/aromatic N) is 2. The molecule has 0 bridgehead atoms. The van der Waals surface area contributed by atoms with Crippen molar-refractivity contribution in [3.05, 3.63) is 41.2 Å². The molecule has 0 aliphatic heterocycles. The average Bonchev–Trinajstić information content (AvgIpc) is 2.76. The summed E-state index contributed by atoms with van der Waals surface area (Å²) in [5.41, 5.74) is 0.0589. The molecule has 0 unspecified atom stereocenters. The predicted molar refractivity (Wildman–Crippen MR) is 66.4 cm³/mol.